The van der Waals surface area contributed by atoms with Gasteiger partial charge in [0.2, 0.25) is 0 Å². The Labute approximate surface area is 167 Å². The summed E-state index contributed by atoms with van der Waals surface area (Å²) in [5.41, 5.74) is 4.24. The van der Waals surface area contributed by atoms with Crippen molar-refractivity contribution < 1.29 is 19.0 Å². The molecule has 0 amide bonds. The molecule has 0 bridgehead atoms. The van der Waals surface area contributed by atoms with Gasteiger partial charge in [-0.1, -0.05) is 30.3 Å². The summed E-state index contributed by atoms with van der Waals surface area (Å²) in [4.78, 5) is 14.1. The largest absolute Gasteiger partial charge is 0.488 e. The SMILES string of the molecule is O=C(O)CCc1ccc(OCc2ccccc2F)c(-c2ccc3[nH]ccc3c2)c1. The van der Waals surface area contributed by atoms with Gasteiger partial charge in [-0.05, 0) is 59.3 Å². The number of hydrogen-bond acceptors (Lipinski definition) is 2. The summed E-state index contributed by atoms with van der Waals surface area (Å²) in [5, 5.41) is 10.1. The Morgan fingerprint density at radius 2 is 1.90 bits per heavy atom. The number of carboxylic acid groups (broad SMARTS) is 1. The molecule has 0 atom stereocenters. The van der Waals surface area contributed by atoms with Gasteiger partial charge in [-0.15, -0.1) is 0 Å². The van der Waals surface area contributed by atoms with Gasteiger partial charge in [0.15, 0.2) is 0 Å². The molecule has 4 nitrogen and oxygen atoms in total. The van der Waals surface area contributed by atoms with E-state index in [0.29, 0.717) is 17.7 Å². The number of ether oxygens (including phenoxy) is 1. The van der Waals surface area contributed by atoms with E-state index < -0.39 is 5.97 Å². The van der Waals surface area contributed by atoms with Gasteiger partial charge in [0.05, 0.1) is 0 Å². The summed E-state index contributed by atoms with van der Waals surface area (Å²) in [5.74, 6) is -0.511. The highest BCUT2D eigenvalue weighted by molar-refractivity contribution is 5.86. The normalized spacial score (nSPS) is 10.9. The predicted molar refractivity (Wildman–Crippen MR) is 110 cm³/mol. The molecule has 0 radical (unpaired) electrons. The third-order valence-electron chi connectivity index (χ3n) is 4.88. The first-order chi connectivity index (χ1) is 14.1. The molecule has 0 aliphatic rings. The second kappa shape index (κ2) is 8.19. The van der Waals surface area contributed by atoms with Crippen molar-refractivity contribution in [3.05, 3.63) is 89.9 Å². The zero-order valence-corrected chi connectivity index (χ0v) is 15.7. The van der Waals surface area contributed by atoms with Crippen LogP contribution in [0.25, 0.3) is 22.0 Å². The van der Waals surface area contributed by atoms with Crippen molar-refractivity contribution in [2.75, 3.05) is 0 Å². The molecule has 4 aromatic rings. The zero-order chi connectivity index (χ0) is 20.2. The molecule has 0 unspecified atom stereocenters. The fourth-order valence-electron chi connectivity index (χ4n) is 3.33. The lowest BCUT2D eigenvalue weighted by atomic mass is 9.99. The number of rotatable bonds is 7. The average molecular weight is 389 g/mol. The lowest BCUT2D eigenvalue weighted by molar-refractivity contribution is -0.136. The molecule has 5 heteroatoms. The van der Waals surface area contributed by atoms with Crippen molar-refractivity contribution in [1.29, 1.82) is 0 Å². The maximum atomic E-state index is 14.0. The molecule has 0 aliphatic carbocycles. The molecular formula is C24H20FNO3. The van der Waals surface area contributed by atoms with E-state index in [1.54, 1.807) is 18.2 Å². The van der Waals surface area contributed by atoms with E-state index in [4.69, 9.17) is 9.84 Å². The smallest absolute Gasteiger partial charge is 0.303 e. The molecule has 0 aliphatic heterocycles. The van der Waals surface area contributed by atoms with E-state index >= 15 is 0 Å². The molecular weight excluding hydrogens is 369 g/mol. The Morgan fingerprint density at radius 1 is 1.03 bits per heavy atom. The summed E-state index contributed by atoms with van der Waals surface area (Å²) in [6.07, 6.45) is 2.38. The standard InChI is InChI=1S/C24H20FNO3/c25-21-4-2-1-3-19(21)15-29-23-9-5-16(6-10-24(27)28)13-20(23)17-7-8-22-18(14-17)11-12-26-22/h1-5,7-9,11-14,26H,6,10,15H2,(H,27,28). The minimum Gasteiger partial charge on any atom is -0.488 e. The molecule has 29 heavy (non-hydrogen) atoms. The number of H-pyrrole nitrogens is 1. The van der Waals surface area contributed by atoms with Crippen LogP contribution in [0.3, 0.4) is 0 Å². The molecule has 4 rings (SSSR count). The van der Waals surface area contributed by atoms with E-state index in [-0.39, 0.29) is 18.8 Å². The van der Waals surface area contributed by atoms with Crippen LogP contribution in [0.5, 0.6) is 5.75 Å². The van der Waals surface area contributed by atoms with Crippen molar-refractivity contribution in [2.24, 2.45) is 0 Å². The summed E-state index contributed by atoms with van der Waals surface area (Å²) in [6.45, 7) is 0.112. The van der Waals surface area contributed by atoms with Crippen LogP contribution in [0, 0.1) is 5.82 Å². The topological polar surface area (TPSA) is 62.3 Å². The number of nitrogens with one attached hydrogen (secondary N) is 1. The van der Waals surface area contributed by atoms with Crippen LogP contribution < -0.4 is 4.74 Å². The van der Waals surface area contributed by atoms with E-state index in [2.05, 4.69) is 11.1 Å². The third kappa shape index (κ3) is 4.29. The fraction of sp³-hybridized carbons (Fsp3) is 0.125. The van der Waals surface area contributed by atoms with Crippen molar-refractivity contribution in [3.63, 3.8) is 0 Å². The molecule has 0 saturated heterocycles. The number of hydrogen-bond donors (Lipinski definition) is 2. The number of carboxylic acids is 1. The van der Waals surface area contributed by atoms with Gasteiger partial charge in [0.25, 0.3) is 0 Å². The molecule has 0 spiro atoms. The Hall–Kier alpha value is -3.60. The second-order valence-electron chi connectivity index (χ2n) is 6.88. The van der Waals surface area contributed by atoms with Gasteiger partial charge in [0, 0.05) is 29.3 Å². The minimum absolute atomic E-state index is 0.0612. The number of aliphatic carboxylic acids is 1. The van der Waals surface area contributed by atoms with Gasteiger partial charge in [-0.2, -0.15) is 0 Å². The second-order valence-corrected chi connectivity index (χ2v) is 6.88. The van der Waals surface area contributed by atoms with E-state index in [1.165, 1.54) is 6.07 Å². The van der Waals surface area contributed by atoms with E-state index in [1.807, 2.05) is 42.6 Å². The van der Waals surface area contributed by atoms with Gasteiger partial charge >= 0.3 is 5.97 Å². The number of aryl methyl sites for hydroxylation is 1. The van der Waals surface area contributed by atoms with Crippen LogP contribution in [0.4, 0.5) is 4.39 Å². The van der Waals surface area contributed by atoms with E-state index in [0.717, 1.165) is 27.6 Å². The van der Waals surface area contributed by atoms with Crippen molar-refractivity contribution >= 4 is 16.9 Å². The average Bonchev–Trinajstić information content (AvgIpc) is 3.20. The zero-order valence-electron chi connectivity index (χ0n) is 15.7. The Kier molecular flexibility index (Phi) is 5.29. The lowest BCUT2D eigenvalue weighted by Crippen LogP contribution is -2.01. The predicted octanol–water partition coefficient (Wildman–Crippen LogP) is 5.57. The van der Waals surface area contributed by atoms with Crippen molar-refractivity contribution in [2.45, 2.75) is 19.4 Å². The van der Waals surface area contributed by atoms with Crippen LogP contribution in [0.2, 0.25) is 0 Å². The van der Waals surface area contributed by atoms with Gasteiger partial charge in [0.1, 0.15) is 18.2 Å². The first kappa shape index (κ1) is 18.7. The van der Waals surface area contributed by atoms with Crippen LogP contribution in [0.15, 0.2) is 72.9 Å². The number of aromatic amines is 1. The highest BCUT2D eigenvalue weighted by atomic mass is 19.1. The number of aromatic nitrogens is 1. The lowest BCUT2D eigenvalue weighted by Gasteiger charge is -2.14. The van der Waals surface area contributed by atoms with Crippen LogP contribution in [-0.4, -0.2) is 16.1 Å². The highest BCUT2D eigenvalue weighted by Crippen LogP contribution is 2.34. The monoisotopic (exact) mass is 389 g/mol. The van der Waals surface area contributed by atoms with Gasteiger partial charge in [-0.25, -0.2) is 4.39 Å². The molecule has 0 saturated carbocycles. The van der Waals surface area contributed by atoms with Crippen LogP contribution in [-0.2, 0) is 17.8 Å². The maximum Gasteiger partial charge on any atom is 0.303 e. The van der Waals surface area contributed by atoms with Crippen LogP contribution >= 0.6 is 0 Å². The fourth-order valence-corrected chi connectivity index (χ4v) is 3.33. The first-order valence-electron chi connectivity index (χ1n) is 9.38. The number of benzene rings is 3. The highest BCUT2D eigenvalue weighted by Gasteiger charge is 2.11. The first-order valence-corrected chi connectivity index (χ1v) is 9.38. The molecule has 146 valence electrons. The number of halogens is 1. The number of fused-ring (bicyclic) bond motifs is 1. The summed E-state index contributed by atoms with van der Waals surface area (Å²) < 4.78 is 19.9. The summed E-state index contributed by atoms with van der Waals surface area (Å²) in [6, 6.07) is 20.2. The molecule has 2 N–H and O–H groups in total. The molecule has 3 aromatic carbocycles. The Bertz CT molecular complexity index is 1170. The minimum atomic E-state index is -0.833. The summed E-state index contributed by atoms with van der Waals surface area (Å²) >= 11 is 0. The Morgan fingerprint density at radius 3 is 2.72 bits per heavy atom. The molecule has 1 heterocycles. The number of carbonyl (C=O) groups is 1. The maximum absolute atomic E-state index is 14.0. The van der Waals surface area contributed by atoms with E-state index in [9.17, 15) is 9.18 Å². The van der Waals surface area contributed by atoms with Crippen molar-refractivity contribution in [1.82, 2.24) is 4.98 Å². The molecule has 1 aromatic heterocycles. The Balaban J connectivity index is 1.69. The van der Waals surface area contributed by atoms with Crippen LogP contribution in [0.1, 0.15) is 17.5 Å². The van der Waals surface area contributed by atoms with Gasteiger partial charge < -0.3 is 14.8 Å². The molecule has 0 fully saturated rings. The van der Waals surface area contributed by atoms with Gasteiger partial charge in [-0.3, -0.25) is 4.79 Å². The quantitative estimate of drug-likeness (QED) is 0.434. The third-order valence-corrected chi connectivity index (χ3v) is 4.88. The van der Waals surface area contributed by atoms with Crippen molar-refractivity contribution in [3.8, 4) is 16.9 Å². The summed E-state index contributed by atoms with van der Waals surface area (Å²) in [7, 11) is 0.